The van der Waals surface area contributed by atoms with Crippen LogP contribution in [0.2, 0.25) is 5.02 Å². The van der Waals surface area contributed by atoms with Gasteiger partial charge in [0, 0.05) is 22.3 Å². The number of methoxy groups -OCH3 is 1. The number of nitrogens with two attached hydrogens (primary N) is 2. The number of hydrogen-bond donors (Lipinski definition) is 3. The predicted molar refractivity (Wildman–Crippen MR) is 132 cm³/mol. The molecule has 0 aliphatic heterocycles. The minimum absolute atomic E-state index is 0.689. The van der Waals surface area contributed by atoms with E-state index in [9.17, 15) is 0 Å². The number of nitrogens with zero attached hydrogens (tertiary/aromatic N) is 2. The van der Waals surface area contributed by atoms with Gasteiger partial charge in [-0.05, 0) is 94.8 Å². The van der Waals surface area contributed by atoms with E-state index in [1.54, 1.807) is 7.11 Å². The molecule has 5 N–H and O–H groups in total. The number of fused-ring (bicyclic) bond motifs is 2. The molecule has 0 spiro atoms. The molecule has 3 rings (SSSR count). The Hall–Kier alpha value is -2.12. The van der Waals surface area contributed by atoms with Gasteiger partial charge < -0.3 is 26.4 Å². The molecule has 2 aromatic carbocycles. The van der Waals surface area contributed by atoms with Crippen LogP contribution >= 0.6 is 11.6 Å². The lowest BCUT2D eigenvalue weighted by atomic mass is 10.1. The van der Waals surface area contributed by atoms with Crippen molar-refractivity contribution in [2.45, 2.75) is 25.7 Å². The van der Waals surface area contributed by atoms with Gasteiger partial charge in [0.25, 0.3) is 0 Å². The van der Waals surface area contributed by atoms with Gasteiger partial charge in [-0.3, -0.25) is 0 Å². The Morgan fingerprint density at radius 2 is 1.65 bits per heavy atom. The molecule has 0 bridgehead atoms. The summed E-state index contributed by atoms with van der Waals surface area (Å²) in [5.74, 6) is 0.820. The Morgan fingerprint density at radius 3 is 2.35 bits per heavy atom. The van der Waals surface area contributed by atoms with Crippen molar-refractivity contribution in [2.24, 2.45) is 11.5 Å². The molecule has 1 aromatic heterocycles. The lowest BCUT2D eigenvalue weighted by Gasteiger charge is -2.22. The molecule has 168 valence electrons. The summed E-state index contributed by atoms with van der Waals surface area (Å²) in [7, 11) is 1.68. The van der Waals surface area contributed by atoms with Gasteiger partial charge in [0.15, 0.2) is 0 Å². The summed E-state index contributed by atoms with van der Waals surface area (Å²) in [6.07, 6.45) is 4.26. The Morgan fingerprint density at radius 1 is 0.903 bits per heavy atom. The highest BCUT2D eigenvalue weighted by atomic mass is 35.5. The number of benzene rings is 2. The zero-order valence-electron chi connectivity index (χ0n) is 18.4. The molecule has 1 heterocycles. The Balaban J connectivity index is 1.70. The summed E-state index contributed by atoms with van der Waals surface area (Å²) in [6, 6.07) is 11.8. The quantitative estimate of drug-likeness (QED) is 0.270. The number of halogens is 1. The fourth-order valence-electron chi connectivity index (χ4n) is 3.85. The number of rotatable bonds is 13. The van der Waals surface area contributed by atoms with Crippen LogP contribution in [0.15, 0.2) is 36.4 Å². The van der Waals surface area contributed by atoms with E-state index in [1.807, 2.05) is 36.4 Å². The van der Waals surface area contributed by atoms with Crippen molar-refractivity contribution in [3.05, 3.63) is 41.4 Å². The number of hydrogen-bond acceptors (Lipinski definition) is 6. The van der Waals surface area contributed by atoms with Gasteiger partial charge in [-0.2, -0.15) is 0 Å². The van der Waals surface area contributed by atoms with Crippen molar-refractivity contribution in [3.8, 4) is 5.75 Å². The molecule has 0 amide bonds. The average molecular weight is 444 g/mol. The van der Waals surface area contributed by atoms with Crippen LogP contribution in [0, 0.1) is 0 Å². The summed E-state index contributed by atoms with van der Waals surface area (Å²) >= 11 is 6.22. The summed E-state index contributed by atoms with van der Waals surface area (Å²) in [5, 5.41) is 6.48. The molecule has 0 unspecified atom stereocenters. The maximum absolute atomic E-state index is 6.22. The molecule has 6 nitrogen and oxygen atoms in total. The summed E-state index contributed by atoms with van der Waals surface area (Å²) in [4.78, 5) is 7.27. The fourth-order valence-corrected chi connectivity index (χ4v) is 4.02. The zero-order valence-corrected chi connectivity index (χ0v) is 19.1. The molecular weight excluding hydrogens is 410 g/mol. The molecule has 7 heteroatoms. The van der Waals surface area contributed by atoms with E-state index >= 15 is 0 Å². The minimum atomic E-state index is 0.689. The van der Waals surface area contributed by atoms with Crippen molar-refractivity contribution in [3.63, 3.8) is 0 Å². The second-order valence-corrected chi connectivity index (χ2v) is 8.23. The summed E-state index contributed by atoms with van der Waals surface area (Å²) in [6.45, 7) is 5.51. The highest BCUT2D eigenvalue weighted by Crippen LogP contribution is 2.34. The Kier molecular flexibility index (Phi) is 9.15. The molecule has 3 aromatic rings. The van der Waals surface area contributed by atoms with Crippen molar-refractivity contribution < 1.29 is 4.74 Å². The van der Waals surface area contributed by atoms with Gasteiger partial charge >= 0.3 is 0 Å². The summed E-state index contributed by atoms with van der Waals surface area (Å²) in [5.41, 5.74) is 14.3. The first-order valence-corrected chi connectivity index (χ1v) is 11.5. The van der Waals surface area contributed by atoms with Gasteiger partial charge in [0.2, 0.25) is 0 Å². The van der Waals surface area contributed by atoms with E-state index in [1.165, 1.54) is 0 Å². The molecule has 31 heavy (non-hydrogen) atoms. The SMILES string of the molecule is COc1ccc2nc3cc(Cl)ccc3c(NCCCCN(CCCN)CCCN)c2c1. The molecule has 0 aliphatic carbocycles. The number of ether oxygens (including phenoxy) is 1. The van der Waals surface area contributed by atoms with Crippen molar-refractivity contribution in [2.75, 3.05) is 51.7 Å². The lowest BCUT2D eigenvalue weighted by Crippen LogP contribution is -2.30. The van der Waals surface area contributed by atoms with Crippen LogP contribution in [0.25, 0.3) is 21.8 Å². The number of nitrogens with one attached hydrogen (secondary N) is 1. The van der Waals surface area contributed by atoms with Crippen molar-refractivity contribution >= 4 is 39.1 Å². The van der Waals surface area contributed by atoms with E-state index < -0.39 is 0 Å². The van der Waals surface area contributed by atoms with Crippen LogP contribution in [-0.4, -0.2) is 56.3 Å². The maximum Gasteiger partial charge on any atom is 0.119 e. The van der Waals surface area contributed by atoms with Gasteiger partial charge in [-0.25, -0.2) is 4.98 Å². The van der Waals surface area contributed by atoms with E-state index in [0.29, 0.717) is 5.02 Å². The molecule has 0 saturated carbocycles. The minimum Gasteiger partial charge on any atom is -0.497 e. The molecule has 0 fully saturated rings. The maximum atomic E-state index is 6.22. The topological polar surface area (TPSA) is 89.4 Å². The molecular formula is C24H34ClN5O. The van der Waals surface area contributed by atoms with Crippen molar-refractivity contribution in [1.29, 1.82) is 0 Å². The third-order valence-corrected chi connectivity index (χ3v) is 5.74. The Labute approximate surface area is 189 Å². The largest absolute Gasteiger partial charge is 0.497 e. The number of pyridine rings is 1. The van der Waals surface area contributed by atoms with Crippen LogP contribution in [0.4, 0.5) is 5.69 Å². The predicted octanol–water partition coefficient (Wildman–Crippen LogP) is 4.24. The van der Waals surface area contributed by atoms with Gasteiger partial charge in [0.05, 0.1) is 23.8 Å². The number of unbranched alkanes of at least 4 members (excludes halogenated alkanes) is 1. The average Bonchev–Trinajstić information content (AvgIpc) is 2.78. The van der Waals surface area contributed by atoms with Gasteiger partial charge in [0.1, 0.15) is 5.75 Å². The normalized spacial score (nSPS) is 11.5. The van der Waals surface area contributed by atoms with E-state index in [4.69, 9.17) is 32.8 Å². The second kappa shape index (κ2) is 12.1. The van der Waals surface area contributed by atoms with Gasteiger partial charge in [-0.15, -0.1) is 0 Å². The first-order valence-electron chi connectivity index (χ1n) is 11.1. The van der Waals surface area contributed by atoms with E-state index in [2.05, 4.69) is 10.2 Å². The molecule has 0 atom stereocenters. The zero-order chi connectivity index (χ0) is 22.1. The third kappa shape index (κ3) is 6.43. The highest BCUT2D eigenvalue weighted by Gasteiger charge is 2.11. The standard InChI is InChI=1S/C24H34ClN5O/c1-31-19-7-9-22-21(17-19)24(20-8-6-18(25)16-23(20)29-22)28-12-2-3-13-30(14-4-10-26)15-5-11-27/h6-9,16-17H,2-5,10-15,26-27H2,1H3,(H,28,29). The highest BCUT2D eigenvalue weighted by molar-refractivity contribution is 6.31. The molecule has 0 aliphatic rings. The fraction of sp³-hybridized carbons (Fsp3) is 0.458. The van der Waals surface area contributed by atoms with E-state index in [0.717, 1.165) is 98.2 Å². The smallest absolute Gasteiger partial charge is 0.119 e. The third-order valence-electron chi connectivity index (χ3n) is 5.50. The van der Waals surface area contributed by atoms with E-state index in [-0.39, 0.29) is 0 Å². The molecule has 0 saturated heterocycles. The second-order valence-electron chi connectivity index (χ2n) is 7.79. The van der Waals surface area contributed by atoms with Crippen LogP contribution in [0.3, 0.4) is 0 Å². The van der Waals surface area contributed by atoms with Crippen molar-refractivity contribution in [1.82, 2.24) is 9.88 Å². The summed E-state index contributed by atoms with van der Waals surface area (Å²) < 4.78 is 5.44. The van der Waals surface area contributed by atoms with Crippen LogP contribution < -0.4 is 21.5 Å². The molecule has 0 radical (unpaired) electrons. The first kappa shape index (κ1) is 23.5. The number of anilines is 1. The van der Waals surface area contributed by atoms with Crippen LogP contribution in [-0.2, 0) is 0 Å². The van der Waals surface area contributed by atoms with Crippen LogP contribution in [0.5, 0.6) is 5.75 Å². The lowest BCUT2D eigenvalue weighted by molar-refractivity contribution is 0.265. The van der Waals surface area contributed by atoms with Gasteiger partial charge in [-0.1, -0.05) is 11.6 Å². The monoisotopic (exact) mass is 443 g/mol. The Bertz CT molecular complexity index is 973. The number of aromatic nitrogens is 1. The van der Waals surface area contributed by atoms with Crippen LogP contribution in [0.1, 0.15) is 25.7 Å². The first-order chi connectivity index (χ1) is 15.2.